The first-order valence-corrected chi connectivity index (χ1v) is 0.333. The zero-order valence-corrected chi connectivity index (χ0v) is 4.15. The second-order valence-electron chi connectivity index (χ2n) is 0. The van der Waals surface area contributed by atoms with Gasteiger partial charge in [-0.3, -0.25) is 11.7 Å². The maximum absolute atomic E-state index is 4.00. The molecule has 0 aliphatic carbocycles. The van der Waals surface area contributed by atoms with E-state index in [-0.39, 0.29) is 38.0 Å². The average molecular weight is 69.9 g/mol. The van der Waals surface area contributed by atoms with Crippen molar-refractivity contribution in [3.8, 4) is 0 Å². The standard InChI is InChI=1S/BH4.H4N2.Na/c;1-2;/h1H4;1-2H2;/q-1;;+1. The molecule has 0 spiro atoms. The minimum absolute atomic E-state index is 0. The maximum atomic E-state index is 4.00. The Balaban J connectivity index is -0.00000000500. The van der Waals surface area contributed by atoms with Crippen LogP contribution >= 0.6 is 0 Å². The summed E-state index contributed by atoms with van der Waals surface area (Å²) in [6, 6.07) is 0. The Kier molecular flexibility index (Phi) is 184. The second-order valence-corrected chi connectivity index (χ2v) is 0. The molecular formula is H8BN2Na. The van der Waals surface area contributed by atoms with Gasteiger partial charge in [0.1, 0.15) is 0 Å². The Hall–Kier alpha value is 0.985. The maximum Gasteiger partial charge on any atom is 1.00 e. The van der Waals surface area contributed by atoms with Gasteiger partial charge in [0, 0.05) is 0 Å². The molecule has 4 heavy (non-hydrogen) atoms. The van der Waals surface area contributed by atoms with Gasteiger partial charge in [0.2, 0.25) is 0 Å². The molecule has 0 aliphatic heterocycles. The van der Waals surface area contributed by atoms with Gasteiger partial charge in [0.25, 0.3) is 0 Å². The summed E-state index contributed by atoms with van der Waals surface area (Å²) < 4.78 is 0. The summed E-state index contributed by atoms with van der Waals surface area (Å²) in [5.41, 5.74) is 0. The topological polar surface area (TPSA) is 52.0 Å². The second kappa shape index (κ2) is 36.6. The zero-order valence-electron chi connectivity index (χ0n) is 2.15. The molecule has 0 heterocycles. The van der Waals surface area contributed by atoms with Crippen molar-refractivity contribution in [1.82, 2.24) is 0 Å². The van der Waals surface area contributed by atoms with Crippen LogP contribution in [0.5, 0.6) is 0 Å². The summed E-state index contributed by atoms with van der Waals surface area (Å²) in [6.07, 6.45) is 0. The summed E-state index contributed by atoms with van der Waals surface area (Å²) >= 11 is 0. The normalized spacial score (nSPS) is 1.50. The minimum atomic E-state index is 0. The number of hydrogen-bond acceptors (Lipinski definition) is 2. The van der Waals surface area contributed by atoms with Crippen LogP contribution in [0.15, 0.2) is 0 Å². The van der Waals surface area contributed by atoms with E-state index in [4.69, 9.17) is 0 Å². The van der Waals surface area contributed by atoms with E-state index >= 15 is 0 Å². The minimum Gasteiger partial charge on any atom is -0.274 e. The van der Waals surface area contributed by atoms with E-state index in [0.29, 0.717) is 0 Å². The monoisotopic (exact) mass is 70.1 g/mol. The van der Waals surface area contributed by atoms with Crippen molar-refractivity contribution in [3.63, 3.8) is 0 Å². The molecule has 0 saturated carbocycles. The predicted molar refractivity (Wildman–Crippen MR) is 19.7 cm³/mol. The molecule has 0 bridgehead atoms. The predicted octanol–water partition coefficient (Wildman–Crippen LogP) is -5.63. The quantitative estimate of drug-likeness (QED) is 0.169. The number of hydrogen-bond donors (Lipinski definition) is 2. The van der Waals surface area contributed by atoms with Gasteiger partial charge in [-0.1, -0.05) is 8.41 Å². The molecule has 0 atom stereocenters. The van der Waals surface area contributed by atoms with Crippen molar-refractivity contribution in [3.05, 3.63) is 0 Å². The van der Waals surface area contributed by atoms with Crippen LogP contribution in [0, 0.1) is 0 Å². The third kappa shape index (κ3) is 12.1. The van der Waals surface area contributed by atoms with Gasteiger partial charge in [0.15, 0.2) is 0 Å². The van der Waals surface area contributed by atoms with Gasteiger partial charge in [-0.2, -0.15) is 0 Å². The molecule has 0 aliphatic rings. The summed E-state index contributed by atoms with van der Waals surface area (Å²) in [5, 5.41) is 0. The van der Waals surface area contributed by atoms with Gasteiger partial charge >= 0.3 is 29.6 Å². The van der Waals surface area contributed by atoms with Crippen LogP contribution in [0.2, 0.25) is 0 Å². The summed E-state index contributed by atoms with van der Waals surface area (Å²) in [7, 11) is 0. The van der Waals surface area contributed by atoms with E-state index in [1.54, 1.807) is 0 Å². The molecule has 0 radical (unpaired) electrons. The van der Waals surface area contributed by atoms with Crippen molar-refractivity contribution in [2.24, 2.45) is 11.7 Å². The van der Waals surface area contributed by atoms with Crippen LogP contribution in [0.25, 0.3) is 0 Å². The largest absolute Gasteiger partial charge is 1.00 e. The zero-order chi connectivity index (χ0) is 2.00. The fourth-order valence-corrected chi connectivity index (χ4v) is 0. The molecule has 0 rings (SSSR count). The molecule has 4 N–H and O–H groups in total. The van der Waals surface area contributed by atoms with Crippen molar-refractivity contribution in [1.29, 1.82) is 0 Å². The number of nitrogens with two attached hydrogens (primary N) is 2. The van der Waals surface area contributed by atoms with E-state index in [2.05, 4.69) is 11.7 Å². The molecule has 0 unspecified atom stereocenters. The molecule has 4 heteroatoms. The smallest absolute Gasteiger partial charge is 0.274 e. The van der Waals surface area contributed by atoms with Gasteiger partial charge in [-0.15, -0.1) is 0 Å². The first kappa shape index (κ1) is 20.1. The van der Waals surface area contributed by atoms with E-state index < -0.39 is 0 Å². The van der Waals surface area contributed by atoms with E-state index in [9.17, 15) is 0 Å². The molecule has 0 aromatic carbocycles. The van der Waals surface area contributed by atoms with Crippen LogP contribution in [0.4, 0.5) is 0 Å². The fourth-order valence-electron chi connectivity index (χ4n) is 0. The molecule has 0 saturated heterocycles. The third-order valence-corrected chi connectivity index (χ3v) is 0. The summed E-state index contributed by atoms with van der Waals surface area (Å²) in [5.74, 6) is 8.00. The van der Waals surface area contributed by atoms with Gasteiger partial charge < -0.3 is 0 Å². The number of hydrazine groups is 1. The van der Waals surface area contributed by atoms with Gasteiger partial charge in [-0.05, 0) is 0 Å². The van der Waals surface area contributed by atoms with E-state index in [0.717, 1.165) is 0 Å². The summed E-state index contributed by atoms with van der Waals surface area (Å²) in [6.45, 7) is 0. The molecule has 0 amide bonds. The van der Waals surface area contributed by atoms with Crippen LogP contribution in [0.3, 0.4) is 0 Å². The van der Waals surface area contributed by atoms with Crippen LogP contribution in [-0.4, -0.2) is 8.41 Å². The SMILES string of the molecule is NN.[BH4-].[Na+]. The van der Waals surface area contributed by atoms with E-state index in [1.165, 1.54) is 0 Å². The Morgan fingerprint density at radius 2 is 1.00 bits per heavy atom. The average Bonchev–Trinajstić information content (AvgIpc) is 1.00. The van der Waals surface area contributed by atoms with Crippen molar-refractivity contribution < 1.29 is 29.6 Å². The Morgan fingerprint density at radius 3 is 1.00 bits per heavy atom. The molecular weight excluding hydrogens is 61.8 g/mol. The molecule has 0 aromatic rings. The van der Waals surface area contributed by atoms with Crippen molar-refractivity contribution >= 4 is 8.41 Å². The number of rotatable bonds is 0. The summed E-state index contributed by atoms with van der Waals surface area (Å²) in [4.78, 5) is 0. The van der Waals surface area contributed by atoms with Gasteiger partial charge in [0.05, 0.1) is 0 Å². The molecule has 22 valence electrons. The Bertz CT molecular complexity index is 6.00. The van der Waals surface area contributed by atoms with Crippen molar-refractivity contribution in [2.75, 3.05) is 0 Å². The third-order valence-electron chi connectivity index (χ3n) is 0. The Labute approximate surface area is 49.8 Å². The molecule has 0 fully saturated rings. The van der Waals surface area contributed by atoms with Crippen LogP contribution in [-0.2, 0) is 0 Å². The molecule has 2 nitrogen and oxygen atoms in total. The fraction of sp³-hybridized carbons (Fsp3) is 0. The molecule has 0 aromatic heterocycles. The first-order valence-electron chi connectivity index (χ1n) is 0.333. The van der Waals surface area contributed by atoms with Crippen LogP contribution < -0.4 is 41.2 Å². The Morgan fingerprint density at radius 1 is 1.00 bits per heavy atom. The van der Waals surface area contributed by atoms with Crippen molar-refractivity contribution in [2.45, 2.75) is 0 Å². The van der Waals surface area contributed by atoms with Crippen LogP contribution in [0.1, 0.15) is 0 Å². The van der Waals surface area contributed by atoms with E-state index in [1.807, 2.05) is 0 Å². The van der Waals surface area contributed by atoms with Gasteiger partial charge in [-0.25, -0.2) is 0 Å². The first-order chi connectivity index (χ1) is 1.00.